The Kier molecular flexibility index (Phi) is 4.06. The summed E-state index contributed by atoms with van der Waals surface area (Å²) in [6.45, 7) is 0. The molecule has 0 N–H and O–H groups in total. The number of ether oxygens (including phenoxy) is 2. The summed E-state index contributed by atoms with van der Waals surface area (Å²) in [5, 5.41) is 0. The summed E-state index contributed by atoms with van der Waals surface area (Å²) < 4.78 is 72.1. The molecule has 2 fully saturated rings. The van der Waals surface area contributed by atoms with Crippen LogP contribution in [0.2, 0.25) is 0 Å². The van der Waals surface area contributed by atoms with Gasteiger partial charge >= 0.3 is 6.36 Å². The quantitative estimate of drug-likeness (QED) is 0.782. The van der Waals surface area contributed by atoms with Crippen LogP contribution in [0.25, 0.3) is 0 Å². The van der Waals surface area contributed by atoms with Gasteiger partial charge in [-0.1, -0.05) is 0 Å². The lowest BCUT2D eigenvalue weighted by Gasteiger charge is -2.28. The SMILES string of the molecule is CN([C@H]1CCCC2O[C@H]21)S(=O)(=O)c1ccc(OC(F)(F)F)cc1. The maximum Gasteiger partial charge on any atom is 0.573 e. The summed E-state index contributed by atoms with van der Waals surface area (Å²) in [7, 11) is -2.31. The molecule has 1 aliphatic heterocycles. The Hall–Kier alpha value is -1.32. The zero-order valence-corrected chi connectivity index (χ0v) is 13.1. The third-order valence-corrected chi connectivity index (χ3v) is 6.09. The molecule has 1 aromatic rings. The van der Waals surface area contributed by atoms with Crippen molar-refractivity contribution in [1.29, 1.82) is 0 Å². The molecule has 0 radical (unpaired) electrons. The lowest BCUT2D eigenvalue weighted by molar-refractivity contribution is -0.274. The second-order valence-corrected chi connectivity index (χ2v) is 7.68. The van der Waals surface area contributed by atoms with Gasteiger partial charge in [0.1, 0.15) is 11.9 Å². The highest BCUT2D eigenvalue weighted by molar-refractivity contribution is 7.89. The van der Waals surface area contributed by atoms with E-state index in [-0.39, 0.29) is 23.1 Å². The van der Waals surface area contributed by atoms with E-state index in [9.17, 15) is 21.6 Å². The predicted octanol–water partition coefficient (Wildman–Crippen LogP) is 2.53. The monoisotopic (exact) mass is 351 g/mol. The minimum atomic E-state index is -4.81. The summed E-state index contributed by atoms with van der Waals surface area (Å²) in [4.78, 5) is -0.0719. The van der Waals surface area contributed by atoms with Crippen LogP contribution in [0.3, 0.4) is 0 Å². The van der Waals surface area contributed by atoms with Crippen LogP contribution in [-0.2, 0) is 14.8 Å². The second kappa shape index (κ2) is 5.64. The molecule has 1 saturated carbocycles. The highest BCUT2D eigenvalue weighted by atomic mass is 32.2. The molecule has 128 valence electrons. The van der Waals surface area contributed by atoms with Crippen LogP contribution >= 0.6 is 0 Å². The van der Waals surface area contributed by atoms with Gasteiger partial charge in [-0.25, -0.2) is 8.42 Å². The highest BCUT2D eigenvalue weighted by Crippen LogP contribution is 2.40. The molecule has 3 rings (SSSR count). The maximum absolute atomic E-state index is 12.6. The standard InChI is InChI=1S/C14H16F3NO4S/c1-18(11-3-2-4-12-13(11)21-12)23(19,20)10-7-5-9(6-8-10)22-14(15,16)17/h5-8,11-13H,2-4H2,1H3/t11-,12?,13-/m0/s1. The molecule has 5 nitrogen and oxygen atoms in total. The molecule has 1 saturated heterocycles. The van der Waals surface area contributed by atoms with E-state index >= 15 is 0 Å². The Morgan fingerprint density at radius 2 is 1.87 bits per heavy atom. The van der Waals surface area contributed by atoms with E-state index in [1.165, 1.54) is 11.4 Å². The van der Waals surface area contributed by atoms with Gasteiger partial charge in [-0.3, -0.25) is 0 Å². The maximum atomic E-state index is 12.6. The first-order chi connectivity index (χ1) is 10.7. The second-order valence-electron chi connectivity index (χ2n) is 5.68. The average molecular weight is 351 g/mol. The Balaban J connectivity index is 1.76. The number of nitrogens with zero attached hydrogens (tertiary/aromatic N) is 1. The molecule has 0 spiro atoms. The van der Waals surface area contributed by atoms with Crippen molar-refractivity contribution in [3.8, 4) is 5.75 Å². The highest BCUT2D eigenvalue weighted by Gasteiger charge is 2.50. The van der Waals surface area contributed by atoms with E-state index in [1.54, 1.807) is 0 Å². The summed E-state index contributed by atoms with van der Waals surface area (Å²) in [6, 6.07) is 3.98. The lowest BCUT2D eigenvalue weighted by Crippen LogP contribution is -2.42. The first-order valence-corrected chi connectivity index (χ1v) is 8.62. The first kappa shape index (κ1) is 16.5. The molecular formula is C14H16F3NO4S. The normalized spacial score (nSPS) is 27.6. The van der Waals surface area contributed by atoms with E-state index < -0.39 is 22.1 Å². The predicted molar refractivity (Wildman–Crippen MR) is 74.4 cm³/mol. The van der Waals surface area contributed by atoms with E-state index in [0.29, 0.717) is 6.42 Å². The first-order valence-electron chi connectivity index (χ1n) is 7.18. The average Bonchev–Trinajstić information content (AvgIpc) is 3.24. The molecule has 1 aliphatic carbocycles. The molecule has 1 heterocycles. The van der Waals surface area contributed by atoms with Gasteiger partial charge in [0.2, 0.25) is 10.0 Å². The molecule has 1 unspecified atom stereocenters. The number of sulfonamides is 1. The van der Waals surface area contributed by atoms with Crippen molar-refractivity contribution in [2.75, 3.05) is 7.05 Å². The molecule has 3 atom stereocenters. The molecule has 0 amide bonds. The van der Waals surface area contributed by atoms with Crippen LogP contribution in [0, 0.1) is 0 Å². The molecule has 2 aliphatic rings. The van der Waals surface area contributed by atoms with Crippen LogP contribution in [0.4, 0.5) is 13.2 Å². The third kappa shape index (κ3) is 3.46. The van der Waals surface area contributed by atoms with Crippen LogP contribution in [0.5, 0.6) is 5.75 Å². The van der Waals surface area contributed by atoms with Crippen LogP contribution in [0.15, 0.2) is 29.2 Å². The van der Waals surface area contributed by atoms with Gasteiger partial charge in [0.15, 0.2) is 0 Å². The zero-order valence-electron chi connectivity index (χ0n) is 12.3. The smallest absolute Gasteiger partial charge is 0.406 e. The number of hydrogen-bond donors (Lipinski definition) is 0. The van der Waals surface area contributed by atoms with Gasteiger partial charge < -0.3 is 9.47 Å². The summed E-state index contributed by atoms with van der Waals surface area (Å²) in [6.07, 6.45) is -2.20. The van der Waals surface area contributed by atoms with E-state index in [2.05, 4.69) is 4.74 Å². The van der Waals surface area contributed by atoms with Crippen molar-refractivity contribution in [2.45, 2.75) is 48.8 Å². The van der Waals surface area contributed by atoms with Crippen molar-refractivity contribution < 1.29 is 31.1 Å². The summed E-state index contributed by atoms with van der Waals surface area (Å²) in [5.74, 6) is -0.456. The molecule has 9 heteroatoms. The number of halogens is 3. The Bertz CT molecular complexity index is 674. The largest absolute Gasteiger partial charge is 0.573 e. The van der Waals surface area contributed by atoms with E-state index in [0.717, 1.165) is 37.1 Å². The van der Waals surface area contributed by atoms with Gasteiger partial charge in [0, 0.05) is 7.05 Å². The van der Waals surface area contributed by atoms with Crippen molar-refractivity contribution in [3.63, 3.8) is 0 Å². The molecule has 23 heavy (non-hydrogen) atoms. The number of benzene rings is 1. The minimum absolute atomic E-state index is 0.0719. The third-order valence-electron chi connectivity index (χ3n) is 4.19. The van der Waals surface area contributed by atoms with Crippen LogP contribution < -0.4 is 4.74 Å². The molecular weight excluding hydrogens is 335 g/mol. The fourth-order valence-electron chi connectivity index (χ4n) is 2.97. The van der Waals surface area contributed by atoms with Crippen LogP contribution in [0.1, 0.15) is 19.3 Å². The number of alkyl halides is 3. The van der Waals surface area contributed by atoms with Gasteiger partial charge in [0.25, 0.3) is 0 Å². The fraction of sp³-hybridized carbons (Fsp3) is 0.571. The summed E-state index contributed by atoms with van der Waals surface area (Å²) >= 11 is 0. The number of epoxide rings is 1. The molecule has 0 aromatic heterocycles. The number of hydrogen-bond acceptors (Lipinski definition) is 4. The zero-order chi connectivity index (χ0) is 16.8. The topological polar surface area (TPSA) is 59.1 Å². The minimum Gasteiger partial charge on any atom is -0.406 e. The van der Waals surface area contributed by atoms with Gasteiger partial charge in [0.05, 0.1) is 17.0 Å². The van der Waals surface area contributed by atoms with Crippen molar-refractivity contribution >= 4 is 10.0 Å². The Morgan fingerprint density at radius 3 is 2.48 bits per heavy atom. The molecule has 1 aromatic carbocycles. The van der Waals surface area contributed by atoms with Gasteiger partial charge in [-0.05, 0) is 43.5 Å². The Labute approximate surface area is 132 Å². The van der Waals surface area contributed by atoms with Crippen LogP contribution in [-0.4, -0.2) is 44.4 Å². The lowest BCUT2D eigenvalue weighted by atomic mass is 9.96. The molecule has 0 bridgehead atoms. The van der Waals surface area contributed by atoms with Crippen molar-refractivity contribution in [1.82, 2.24) is 4.31 Å². The van der Waals surface area contributed by atoms with E-state index in [1.807, 2.05) is 0 Å². The van der Waals surface area contributed by atoms with E-state index in [4.69, 9.17) is 4.74 Å². The van der Waals surface area contributed by atoms with Gasteiger partial charge in [-0.15, -0.1) is 13.2 Å². The van der Waals surface area contributed by atoms with Gasteiger partial charge in [-0.2, -0.15) is 4.31 Å². The number of rotatable bonds is 4. The number of likely N-dealkylation sites (N-methyl/N-ethyl adjacent to an activating group) is 1. The Morgan fingerprint density at radius 1 is 1.22 bits per heavy atom. The summed E-state index contributed by atoms with van der Waals surface area (Å²) in [5.41, 5.74) is 0. The fourth-order valence-corrected chi connectivity index (χ4v) is 4.36. The number of fused-ring (bicyclic) bond motifs is 1. The van der Waals surface area contributed by atoms with Crippen molar-refractivity contribution in [2.24, 2.45) is 0 Å². The van der Waals surface area contributed by atoms with Crippen molar-refractivity contribution in [3.05, 3.63) is 24.3 Å².